The zero-order valence-electron chi connectivity index (χ0n) is 14.2. The van der Waals surface area contributed by atoms with Gasteiger partial charge in [0.25, 0.3) is 5.91 Å². The van der Waals surface area contributed by atoms with Crippen molar-refractivity contribution in [3.8, 4) is 0 Å². The standard InChI is InChI=1S/C19H24BrN3O/c1-13(2)5-8-23-9-6-16(7-10-23)21-19(24)18-11-14-3-4-15(20)12-17(14)22-18/h3-5,11-12,16,22H,6-10H2,1-2H3,(H,21,24). The number of nitrogens with one attached hydrogen (secondary N) is 2. The Morgan fingerprint density at radius 3 is 2.79 bits per heavy atom. The van der Waals surface area contributed by atoms with E-state index in [9.17, 15) is 4.79 Å². The number of carbonyl (C=O) groups excluding carboxylic acids is 1. The third-order valence-electron chi connectivity index (χ3n) is 4.51. The van der Waals surface area contributed by atoms with Gasteiger partial charge in [0.15, 0.2) is 0 Å². The lowest BCUT2D eigenvalue weighted by Gasteiger charge is -2.31. The molecule has 0 aliphatic carbocycles. The maximum absolute atomic E-state index is 12.5. The number of hydrogen-bond donors (Lipinski definition) is 2. The summed E-state index contributed by atoms with van der Waals surface area (Å²) in [5, 5.41) is 4.23. The van der Waals surface area contributed by atoms with Crippen LogP contribution in [0.5, 0.6) is 0 Å². The highest BCUT2D eigenvalue weighted by Gasteiger charge is 2.21. The van der Waals surface area contributed by atoms with Gasteiger partial charge in [-0.1, -0.05) is 33.6 Å². The molecule has 2 aromatic rings. The highest BCUT2D eigenvalue weighted by molar-refractivity contribution is 9.10. The third-order valence-corrected chi connectivity index (χ3v) is 5.00. The molecule has 0 bridgehead atoms. The van der Waals surface area contributed by atoms with Gasteiger partial charge in [0.1, 0.15) is 5.69 Å². The number of rotatable bonds is 4. The summed E-state index contributed by atoms with van der Waals surface area (Å²) < 4.78 is 1.01. The number of allylic oxidation sites excluding steroid dienone is 1. The molecule has 4 nitrogen and oxygen atoms in total. The molecule has 1 amide bonds. The number of carbonyl (C=O) groups is 1. The molecule has 1 aromatic carbocycles. The van der Waals surface area contributed by atoms with Crippen LogP contribution in [0.4, 0.5) is 0 Å². The average molecular weight is 390 g/mol. The lowest BCUT2D eigenvalue weighted by molar-refractivity contribution is 0.0910. The summed E-state index contributed by atoms with van der Waals surface area (Å²) in [7, 11) is 0. The van der Waals surface area contributed by atoms with Crippen LogP contribution in [0.1, 0.15) is 37.2 Å². The van der Waals surface area contributed by atoms with Crippen molar-refractivity contribution in [1.82, 2.24) is 15.2 Å². The zero-order valence-corrected chi connectivity index (χ0v) is 15.8. The van der Waals surface area contributed by atoms with Crippen LogP contribution in [0.15, 0.2) is 40.4 Å². The molecule has 0 radical (unpaired) electrons. The van der Waals surface area contributed by atoms with E-state index in [1.165, 1.54) is 5.57 Å². The molecule has 0 spiro atoms. The van der Waals surface area contributed by atoms with E-state index in [1.54, 1.807) is 0 Å². The number of piperidine rings is 1. The van der Waals surface area contributed by atoms with E-state index in [-0.39, 0.29) is 11.9 Å². The van der Waals surface area contributed by atoms with Crippen molar-refractivity contribution < 1.29 is 4.79 Å². The van der Waals surface area contributed by atoms with Crippen LogP contribution in [-0.2, 0) is 0 Å². The van der Waals surface area contributed by atoms with Gasteiger partial charge in [-0.15, -0.1) is 0 Å². The van der Waals surface area contributed by atoms with Crippen LogP contribution >= 0.6 is 15.9 Å². The van der Waals surface area contributed by atoms with Crippen LogP contribution in [0.25, 0.3) is 10.9 Å². The molecule has 128 valence electrons. The topological polar surface area (TPSA) is 48.1 Å². The Balaban J connectivity index is 1.56. The number of amides is 1. The number of hydrogen-bond acceptors (Lipinski definition) is 2. The monoisotopic (exact) mass is 389 g/mol. The largest absolute Gasteiger partial charge is 0.350 e. The molecule has 5 heteroatoms. The van der Waals surface area contributed by atoms with Crippen molar-refractivity contribution in [2.24, 2.45) is 0 Å². The predicted molar refractivity (Wildman–Crippen MR) is 102 cm³/mol. The molecule has 0 atom stereocenters. The molecule has 3 rings (SSSR count). The molecular formula is C19H24BrN3O. The number of aromatic nitrogens is 1. The van der Waals surface area contributed by atoms with Crippen molar-refractivity contribution in [1.29, 1.82) is 0 Å². The second-order valence-electron chi connectivity index (χ2n) is 6.74. The first-order chi connectivity index (χ1) is 11.5. The maximum Gasteiger partial charge on any atom is 0.267 e. The number of likely N-dealkylation sites (tertiary alicyclic amines) is 1. The van der Waals surface area contributed by atoms with Crippen LogP contribution < -0.4 is 5.32 Å². The highest BCUT2D eigenvalue weighted by Crippen LogP contribution is 2.20. The lowest BCUT2D eigenvalue weighted by atomic mass is 10.0. The molecule has 1 aliphatic heterocycles. The van der Waals surface area contributed by atoms with Gasteiger partial charge in [-0.25, -0.2) is 0 Å². The third kappa shape index (κ3) is 4.28. The van der Waals surface area contributed by atoms with Crippen molar-refractivity contribution >= 4 is 32.7 Å². The van der Waals surface area contributed by atoms with E-state index < -0.39 is 0 Å². The minimum absolute atomic E-state index is 0.00919. The highest BCUT2D eigenvalue weighted by atomic mass is 79.9. The fourth-order valence-corrected chi connectivity index (χ4v) is 3.42. The molecule has 1 aliphatic rings. The number of nitrogens with zero attached hydrogens (tertiary/aromatic N) is 1. The Bertz CT molecular complexity index is 753. The first kappa shape index (κ1) is 17.2. The lowest BCUT2D eigenvalue weighted by Crippen LogP contribution is -2.44. The smallest absolute Gasteiger partial charge is 0.267 e. The summed E-state index contributed by atoms with van der Waals surface area (Å²) in [6.45, 7) is 7.35. The van der Waals surface area contributed by atoms with Crippen molar-refractivity contribution in [2.45, 2.75) is 32.7 Å². The number of benzene rings is 1. The van der Waals surface area contributed by atoms with E-state index in [1.807, 2.05) is 24.3 Å². The molecule has 2 heterocycles. The van der Waals surface area contributed by atoms with Crippen molar-refractivity contribution in [3.05, 3.63) is 46.1 Å². The van der Waals surface area contributed by atoms with E-state index in [2.05, 4.69) is 51.1 Å². The first-order valence-corrected chi connectivity index (χ1v) is 9.25. The summed E-state index contributed by atoms with van der Waals surface area (Å²) in [5.74, 6) is -0.00919. The normalized spacial score (nSPS) is 16.3. The quantitative estimate of drug-likeness (QED) is 0.773. The minimum atomic E-state index is -0.00919. The number of aromatic amines is 1. The average Bonchev–Trinajstić information content (AvgIpc) is 2.97. The Morgan fingerprint density at radius 1 is 1.33 bits per heavy atom. The van der Waals surface area contributed by atoms with Gasteiger partial charge in [-0.3, -0.25) is 9.69 Å². The van der Waals surface area contributed by atoms with E-state index in [4.69, 9.17) is 0 Å². The van der Waals surface area contributed by atoms with Crippen LogP contribution in [-0.4, -0.2) is 41.5 Å². The second kappa shape index (κ2) is 7.53. The fraction of sp³-hybridized carbons (Fsp3) is 0.421. The van der Waals surface area contributed by atoms with Gasteiger partial charge in [-0.2, -0.15) is 0 Å². The predicted octanol–water partition coefficient (Wildman–Crippen LogP) is 4.09. The molecule has 2 N–H and O–H groups in total. The van der Waals surface area contributed by atoms with Crippen molar-refractivity contribution in [2.75, 3.05) is 19.6 Å². The van der Waals surface area contributed by atoms with Gasteiger partial charge in [-0.05, 0) is 44.9 Å². The van der Waals surface area contributed by atoms with Gasteiger partial charge >= 0.3 is 0 Å². The molecule has 1 saturated heterocycles. The van der Waals surface area contributed by atoms with Crippen LogP contribution in [0.2, 0.25) is 0 Å². The summed E-state index contributed by atoms with van der Waals surface area (Å²) in [5.41, 5.74) is 2.97. The summed E-state index contributed by atoms with van der Waals surface area (Å²) in [4.78, 5) is 18.1. The number of fused-ring (bicyclic) bond motifs is 1. The summed E-state index contributed by atoms with van der Waals surface area (Å²) in [6, 6.07) is 8.17. The van der Waals surface area contributed by atoms with Crippen LogP contribution in [0, 0.1) is 0 Å². The summed E-state index contributed by atoms with van der Waals surface area (Å²) >= 11 is 3.46. The van der Waals surface area contributed by atoms with Crippen LogP contribution in [0.3, 0.4) is 0 Å². The van der Waals surface area contributed by atoms with Gasteiger partial charge in [0.05, 0.1) is 0 Å². The van der Waals surface area contributed by atoms with Crippen molar-refractivity contribution in [3.63, 3.8) is 0 Å². The molecule has 0 unspecified atom stereocenters. The SMILES string of the molecule is CC(C)=CCN1CCC(NC(=O)c2cc3ccc(Br)cc3[nH]2)CC1. The number of H-pyrrole nitrogens is 1. The Kier molecular flexibility index (Phi) is 5.41. The van der Waals surface area contributed by atoms with Gasteiger partial charge < -0.3 is 10.3 Å². The molecule has 1 fully saturated rings. The molecule has 1 aromatic heterocycles. The molecule has 0 saturated carbocycles. The Hall–Kier alpha value is -1.59. The molecule has 24 heavy (non-hydrogen) atoms. The Labute approximate surface area is 151 Å². The van der Waals surface area contributed by atoms with Gasteiger partial charge in [0.2, 0.25) is 0 Å². The second-order valence-corrected chi connectivity index (χ2v) is 7.66. The molecular weight excluding hydrogens is 366 g/mol. The van der Waals surface area contributed by atoms with Gasteiger partial charge in [0, 0.05) is 41.1 Å². The van der Waals surface area contributed by atoms with E-state index in [0.717, 1.165) is 47.9 Å². The number of halogens is 1. The Morgan fingerprint density at radius 2 is 2.08 bits per heavy atom. The summed E-state index contributed by atoms with van der Waals surface area (Å²) in [6.07, 6.45) is 4.28. The van der Waals surface area contributed by atoms with E-state index in [0.29, 0.717) is 5.69 Å². The van der Waals surface area contributed by atoms with E-state index >= 15 is 0 Å². The zero-order chi connectivity index (χ0) is 17.1. The first-order valence-electron chi connectivity index (χ1n) is 8.46. The fourth-order valence-electron chi connectivity index (χ4n) is 3.06. The minimum Gasteiger partial charge on any atom is -0.350 e. The maximum atomic E-state index is 12.5.